The number of rotatable bonds is 3. The van der Waals surface area contributed by atoms with Crippen LogP contribution in [0.15, 0.2) is 67.0 Å². The number of nitrogen functional groups attached to an aromatic ring is 1. The van der Waals surface area contributed by atoms with E-state index < -0.39 is 0 Å². The maximum Gasteiger partial charge on any atom is 0.141 e. The van der Waals surface area contributed by atoms with Crippen LogP contribution in [-0.4, -0.2) is 14.5 Å². The Balaban J connectivity index is 1.91. The van der Waals surface area contributed by atoms with E-state index in [2.05, 4.69) is 34.7 Å². The highest BCUT2D eigenvalue weighted by atomic mass is 15.1. The van der Waals surface area contributed by atoms with Crippen LogP contribution < -0.4 is 5.73 Å². The number of imidazole rings is 1. The molecular weight excluding hydrogens is 296 g/mol. The predicted octanol–water partition coefficient (Wildman–Crippen LogP) is 4.04. The molecule has 0 unspecified atom stereocenters. The van der Waals surface area contributed by atoms with Crippen molar-refractivity contribution in [3.8, 4) is 11.4 Å². The summed E-state index contributed by atoms with van der Waals surface area (Å²) in [6.45, 7) is 2.86. The minimum absolute atomic E-state index is 0.752. The van der Waals surface area contributed by atoms with Gasteiger partial charge in [0.25, 0.3) is 0 Å². The van der Waals surface area contributed by atoms with Crippen LogP contribution in [0.5, 0.6) is 0 Å². The molecule has 0 radical (unpaired) electrons. The van der Waals surface area contributed by atoms with Gasteiger partial charge < -0.3 is 10.3 Å². The zero-order valence-electron chi connectivity index (χ0n) is 13.5. The first-order valence-corrected chi connectivity index (χ1v) is 7.92. The molecule has 2 aromatic carbocycles. The summed E-state index contributed by atoms with van der Waals surface area (Å²) < 4.78 is 2.25. The molecule has 0 amide bonds. The molecule has 2 N–H and O–H groups in total. The van der Waals surface area contributed by atoms with Gasteiger partial charge in [0.2, 0.25) is 0 Å². The lowest BCUT2D eigenvalue weighted by atomic mass is 10.2. The quantitative estimate of drug-likeness (QED) is 0.581. The molecule has 0 aliphatic rings. The second-order valence-corrected chi connectivity index (χ2v) is 5.99. The van der Waals surface area contributed by atoms with Crippen LogP contribution in [-0.2, 0) is 6.54 Å². The highest BCUT2D eigenvalue weighted by molar-refractivity contribution is 5.81. The standard InChI is InChI=1S/C20H18N4/c1-14-2-7-18-19(12-14)24(13-15-8-10-22-11-9-15)20(23-18)16-3-5-17(21)6-4-16/h2-12H,13,21H2,1H3. The van der Waals surface area contributed by atoms with Gasteiger partial charge in [0.15, 0.2) is 0 Å². The Morgan fingerprint density at radius 3 is 2.46 bits per heavy atom. The lowest BCUT2D eigenvalue weighted by Crippen LogP contribution is -2.02. The molecule has 118 valence electrons. The predicted molar refractivity (Wildman–Crippen MR) is 97.7 cm³/mol. The monoisotopic (exact) mass is 314 g/mol. The minimum Gasteiger partial charge on any atom is -0.399 e. The molecule has 0 bridgehead atoms. The molecule has 0 spiro atoms. The Kier molecular flexibility index (Phi) is 3.50. The van der Waals surface area contributed by atoms with Crippen molar-refractivity contribution < 1.29 is 0 Å². The number of nitrogens with zero attached hydrogens (tertiary/aromatic N) is 3. The highest BCUT2D eigenvalue weighted by Crippen LogP contribution is 2.27. The van der Waals surface area contributed by atoms with Gasteiger partial charge >= 0.3 is 0 Å². The number of fused-ring (bicyclic) bond motifs is 1. The van der Waals surface area contributed by atoms with E-state index >= 15 is 0 Å². The molecule has 0 saturated carbocycles. The molecule has 0 fully saturated rings. The van der Waals surface area contributed by atoms with E-state index in [0.29, 0.717) is 0 Å². The first kappa shape index (κ1) is 14.5. The highest BCUT2D eigenvalue weighted by Gasteiger charge is 2.13. The van der Waals surface area contributed by atoms with Gasteiger partial charge in [-0.2, -0.15) is 0 Å². The molecule has 4 aromatic rings. The van der Waals surface area contributed by atoms with Crippen molar-refractivity contribution in [2.45, 2.75) is 13.5 Å². The summed E-state index contributed by atoms with van der Waals surface area (Å²) in [5, 5.41) is 0. The summed E-state index contributed by atoms with van der Waals surface area (Å²) in [7, 11) is 0. The van der Waals surface area contributed by atoms with E-state index in [-0.39, 0.29) is 0 Å². The van der Waals surface area contributed by atoms with Crippen LogP contribution in [0.2, 0.25) is 0 Å². The molecule has 2 aromatic heterocycles. The Morgan fingerprint density at radius 1 is 0.958 bits per heavy atom. The topological polar surface area (TPSA) is 56.7 Å². The molecule has 2 heterocycles. The average molecular weight is 314 g/mol. The number of nitrogens with two attached hydrogens (primary N) is 1. The lowest BCUT2D eigenvalue weighted by Gasteiger charge is -2.10. The first-order valence-electron chi connectivity index (χ1n) is 7.92. The Morgan fingerprint density at radius 2 is 1.71 bits per heavy atom. The van der Waals surface area contributed by atoms with Crippen molar-refractivity contribution in [3.63, 3.8) is 0 Å². The van der Waals surface area contributed by atoms with Crippen LogP contribution in [0.4, 0.5) is 5.69 Å². The number of hydrogen-bond donors (Lipinski definition) is 1. The number of aromatic nitrogens is 3. The van der Waals surface area contributed by atoms with Gasteiger partial charge in [-0.15, -0.1) is 0 Å². The van der Waals surface area contributed by atoms with E-state index in [1.165, 1.54) is 11.1 Å². The van der Waals surface area contributed by atoms with E-state index in [1.54, 1.807) is 0 Å². The SMILES string of the molecule is Cc1ccc2nc(-c3ccc(N)cc3)n(Cc3ccncc3)c2c1. The number of benzene rings is 2. The molecule has 24 heavy (non-hydrogen) atoms. The number of hydrogen-bond acceptors (Lipinski definition) is 3. The average Bonchev–Trinajstić information content (AvgIpc) is 2.94. The third-order valence-electron chi connectivity index (χ3n) is 4.16. The maximum absolute atomic E-state index is 5.83. The largest absolute Gasteiger partial charge is 0.399 e. The van der Waals surface area contributed by atoms with Gasteiger partial charge in [0.05, 0.1) is 11.0 Å². The van der Waals surface area contributed by atoms with Crippen molar-refractivity contribution >= 4 is 16.7 Å². The summed E-state index contributed by atoms with van der Waals surface area (Å²) in [6, 6.07) is 18.3. The third kappa shape index (κ3) is 2.63. The Hall–Kier alpha value is -3.14. The van der Waals surface area contributed by atoms with Crippen molar-refractivity contribution in [2.75, 3.05) is 5.73 Å². The third-order valence-corrected chi connectivity index (χ3v) is 4.16. The van der Waals surface area contributed by atoms with Crippen molar-refractivity contribution in [2.24, 2.45) is 0 Å². The van der Waals surface area contributed by atoms with Crippen LogP contribution in [0.3, 0.4) is 0 Å². The fourth-order valence-electron chi connectivity index (χ4n) is 2.92. The van der Waals surface area contributed by atoms with Crippen LogP contribution in [0, 0.1) is 6.92 Å². The lowest BCUT2D eigenvalue weighted by molar-refractivity contribution is 0.832. The van der Waals surface area contributed by atoms with Crippen LogP contribution in [0.1, 0.15) is 11.1 Å². The van der Waals surface area contributed by atoms with Crippen molar-refractivity contribution in [1.82, 2.24) is 14.5 Å². The summed E-state index contributed by atoms with van der Waals surface area (Å²) in [5.74, 6) is 0.951. The van der Waals surface area contributed by atoms with Crippen molar-refractivity contribution in [3.05, 3.63) is 78.1 Å². The summed E-state index contributed by atoms with van der Waals surface area (Å²) >= 11 is 0. The Labute approximate surface area is 140 Å². The molecule has 0 atom stereocenters. The normalized spacial score (nSPS) is 11.0. The molecule has 4 rings (SSSR count). The van der Waals surface area contributed by atoms with Gasteiger partial charge in [-0.25, -0.2) is 4.98 Å². The zero-order valence-corrected chi connectivity index (χ0v) is 13.5. The van der Waals surface area contributed by atoms with Gasteiger partial charge in [0.1, 0.15) is 5.82 Å². The zero-order chi connectivity index (χ0) is 16.5. The first-order chi connectivity index (χ1) is 11.7. The molecule has 4 heteroatoms. The number of pyridine rings is 1. The van der Waals surface area contributed by atoms with Crippen LogP contribution >= 0.6 is 0 Å². The summed E-state index contributed by atoms with van der Waals surface area (Å²) in [4.78, 5) is 8.96. The fraction of sp³-hybridized carbons (Fsp3) is 0.100. The Bertz CT molecular complexity index is 986. The maximum atomic E-state index is 5.83. The van der Waals surface area contributed by atoms with Gasteiger partial charge in [0, 0.05) is 30.2 Å². The van der Waals surface area contributed by atoms with Crippen LogP contribution in [0.25, 0.3) is 22.4 Å². The molecule has 0 saturated heterocycles. The minimum atomic E-state index is 0.752. The van der Waals surface area contributed by atoms with E-state index in [4.69, 9.17) is 10.7 Å². The van der Waals surface area contributed by atoms with Gasteiger partial charge in [-0.1, -0.05) is 6.07 Å². The second kappa shape index (κ2) is 5.81. The van der Waals surface area contributed by atoms with E-state index in [1.807, 2.05) is 48.8 Å². The molecule has 0 aliphatic heterocycles. The number of anilines is 1. The molecule has 0 aliphatic carbocycles. The van der Waals surface area contributed by atoms with Gasteiger partial charge in [-0.05, 0) is 66.6 Å². The molecular formula is C20H18N4. The summed E-state index contributed by atoms with van der Waals surface area (Å²) in [5.41, 5.74) is 12.2. The summed E-state index contributed by atoms with van der Waals surface area (Å²) in [6.07, 6.45) is 3.64. The molecule has 4 nitrogen and oxygen atoms in total. The smallest absolute Gasteiger partial charge is 0.141 e. The number of aryl methyl sites for hydroxylation is 1. The van der Waals surface area contributed by atoms with E-state index in [0.717, 1.165) is 34.7 Å². The van der Waals surface area contributed by atoms with Crippen molar-refractivity contribution in [1.29, 1.82) is 0 Å². The van der Waals surface area contributed by atoms with E-state index in [9.17, 15) is 0 Å². The van der Waals surface area contributed by atoms with Gasteiger partial charge in [-0.3, -0.25) is 4.98 Å². The fourth-order valence-corrected chi connectivity index (χ4v) is 2.92. The second-order valence-electron chi connectivity index (χ2n) is 5.99.